The largest absolute Gasteiger partial charge is 0.311 e. The molecular weight excluding hydrogens is 136 g/mol. The SMILES string of the molecule is CC(C)C1CN2CCNC1C2. The molecule has 3 unspecified atom stereocenters. The van der Waals surface area contributed by atoms with Crippen LogP contribution in [0.3, 0.4) is 0 Å². The van der Waals surface area contributed by atoms with Crippen LogP contribution in [0.15, 0.2) is 0 Å². The fraction of sp³-hybridized carbons (Fsp3) is 1.00. The predicted octanol–water partition coefficient (Wildman–Crippen LogP) is 0.546. The number of nitrogens with zero attached hydrogens (tertiary/aromatic N) is 1. The molecule has 2 aliphatic rings. The third-order valence-corrected chi connectivity index (χ3v) is 3.13. The van der Waals surface area contributed by atoms with E-state index in [0.717, 1.165) is 17.9 Å². The second-order valence-corrected chi connectivity index (χ2v) is 4.23. The van der Waals surface area contributed by atoms with E-state index in [-0.39, 0.29) is 0 Å². The molecule has 2 bridgehead atoms. The molecule has 2 heteroatoms. The van der Waals surface area contributed by atoms with Gasteiger partial charge in [0, 0.05) is 32.2 Å². The van der Waals surface area contributed by atoms with Crippen molar-refractivity contribution in [1.29, 1.82) is 0 Å². The smallest absolute Gasteiger partial charge is 0.0238 e. The number of hydrogen-bond donors (Lipinski definition) is 1. The van der Waals surface area contributed by atoms with E-state index in [1.807, 2.05) is 0 Å². The van der Waals surface area contributed by atoms with E-state index in [1.54, 1.807) is 0 Å². The van der Waals surface area contributed by atoms with Gasteiger partial charge in [-0.05, 0) is 11.8 Å². The maximum Gasteiger partial charge on any atom is 0.0238 e. The third-order valence-electron chi connectivity index (χ3n) is 3.13. The van der Waals surface area contributed by atoms with Crippen LogP contribution in [0.1, 0.15) is 13.8 Å². The second kappa shape index (κ2) is 2.76. The van der Waals surface area contributed by atoms with Crippen molar-refractivity contribution in [1.82, 2.24) is 10.2 Å². The van der Waals surface area contributed by atoms with Gasteiger partial charge < -0.3 is 10.2 Å². The Morgan fingerprint density at radius 2 is 2.18 bits per heavy atom. The third kappa shape index (κ3) is 1.30. The molecule has 2 saturated heterocycles. The average Bonchev–Trinajstić information content (AvgIpc) is 2.27. The lowest BCUT2D eigenvalue weighted by Gasteiger charge is -2.25. The van der Waals surface area contributed by atoms with E-state index < -0.39 is 0 Å². The number of piperazine rings is 1. The zero-order valence-corrected chi connectivity index (χ0v) is 7.51. The summed E-state index contributed by atoms with van der Waals surface area (Å²) < 4.78 is 0. The molecule has 2 rings (SSSR count). The first-order valence-corrected chi connectivity index (χ1v) is 4.73. The van der Waals surface area contributed by atoms with E-state index >= 15 is 0 Å². The Bertz CT molecular complexity index is 144. The van der Waals surface area contributed by atoms with Crippen LogP contribution in [0, 0.1) is 11.8 Å². The van der Waals surface area contributed by atoms with Crippen molar-refractivity contribution in [2.24, 2.45) is 11.8 Å². The standard InChI is InChI=1S/C9H18N2/c1-7(2)8-5-11-4-3-10-9(8)6-11/h7-10H,3-6H2,1-2H3. The molecule has 2 fully saturated rings. The van der Waals surface area contributed by atoms with Crippen LogP contribution >= 0.6 is 0 Å². The van der Waals surface area contributed by atoms with Crippen LogP contribution < -0.4 is 5.32 Å². The Morgan fingerprint density at radius 1 is 1.36 bits per heavy atom. The minimum atomic E-state index is 0.795. The molecule has 0 saturated carbocycles. The van der Waals surface area contributed by atoms with Crippen molar-refractivity contribution in [3.63, 3.8) is 0 Å². The quantitative estimate of drug-likeness (QED) is 0.593. The van der Waals surface area contributed by atoms with Crippen LogP contribution in [0.25, 0.3) is 0 Å². The Kier molecular flexibility index (Phi) is 1.90. The van der Waals surface area contributed by atoms with Gasteiger partial charge in [0.15, 0.2) is 0 Å². The highest BCUT2D eigenvalue weighted by atomic mass is 15.2. The van der Waals surface area contributed by atoms with Gasteiger partial charge in [0.25, 0.3) is 0 Å². The summed E-state index contributed by atoms with van der Waals surface area (Å²) in [5.41, 5.74) is 0. The molecule has 0 aromatic rings. The van der Waals surface area contributed by atoms with Gasteiger partial charge in [-0.25, -0.2) is 0 Å². The van der Waals surface area contributed by atoms with Crippen LogP contribution in [0.2, 0.25) is 0 Å². The second-order valence-electron chi connectivity index (χ2n) is 4.23. The number of nitrogens with one attached hydrogen (secondary N) is 1. The van der Waals surface area contributed by atoms with Gasteiger partial charge in [0.1, 0.15) is 0 Å². The summed E-state index contributed by atoms with van der Waals surface area (Å²) in [7, 11) is 0. The van der Waals surface area contributed by atoms with Crippen LogP contribution in [0.5, 0.6) is 0 Å². The van der Waals surface area contributed by atoms with E-state index in [1.165, 1.54) is 26.2 Å². The summed E-state index contributed by atoms with van der Waals surface area (Å²) in [6.07, 6.45) is 0. The molecule has 11 heavy (non-hydrogen) atoms. The van der Waals surface area contributed by atoms with Crippen molar-refractivity contribution in [3.05, 3.63) is 0 Å². The van der Waals surface area contributed by atoms with Gasteiger partial charge in [-0.15, -0.1) is 0 Å². The van der Waals surface area contributed by atoms with Crippen molar-refractivity contribution in [2.75, 3.05) is 26.2 Å². The fourth-order valence-electron chi connectivity index (χ4n) is 2.40. The molecule has 0 aliphatic carbocycles. The number of fused-ring (bicyclic) bond motifs is 2. The summed E-state index contributed by atoms with van der Waals surface area (Å²) in [6.45, 7) is 9.77. The van der Waals surface area contributed by atoms with Crippen molar-refractivity contribution < 1.29 is 0 Å². The summed E-state index contributed by atoms with van der Waals surface area (Å²) >= 11 is 0. The Hall–Kier alpha value is -0.0800. The zero-order chi connectivity index (χ0) is 7.84. The van der Waals surface area contributed by atoms with E-state index in [9.17, 15) is 0 Å². The monoisotopic (exact) mass is 154 g/mol. The molecule has 64 valence electrons. The molecule has 2 aliphatic heterocycles. The molecule has 0 aromatic heterocycles. The van der Waals surface area contributed by atoms with Crippen LogP contribution in [-0.4, -0.2) is 37.1 Å². The fourth-order valence-corrected chi connectivity index (χ4v) is 2.40. The topological polar surface area (TPSA) is 15.3 Å². The minimum absolute atomic E-state index is 0.795. The number of hydrogen-bond acceptors (Lipinski definition) is 2. The lowest BCUT2D eigenvalue weighted by atomic mass is 9.91. The lowest BCUT2D eigenvalue weighted by Crippen LogP contribution is -2.45. The molecule has 0 aromatic carbocycles. The van der Waals surface area contributed by atoms with Crippen molar-refractivity contribution >= 4 is 0 Å². The summed E-state index contributed by atoms with van der Waals surface area (Å²) in [5, 5.41) is 3.60. The first-order chi connectivity index (χ1) is 5.27. The van der Waals surface area contributed by atoms with Crippen LogP contribution in [0.4, 0.5) is 0 Å². The van der Waals surface area contributed by atoms with Gasteiger partial charge in [0.2, 0.25) is 0 Å². The first-order valence-electron chi connectivity index (χ1n) is 4.73. The average molecular weight is 154 g/mol. The summed E-state index contributed by atoms with van der Waals surface area (Å²) in [4.78, 5) is 2.59. The first kappa shape index (κ1) is 7.56. The highest BCUT2D eigenvalue weighted by molar-refractivity contribution is 4.93. The molecular formula is C9H18N2. The van der Waals surface area contributed by atoms with Gasteiger partial charge in [0.05, 0.1) is 0 Å². The Labute approximate surface area is 69.0 Å². The van der Waals surface area contributed by atoms with E-state index in [4.69, 9.17) is 0 Å². The molecule has 1 N–H and O–H groups in total. The summed E-state index contributed by atoms with van der Waals surface area (Å²) in [5.74, 6) is 1.74. The zero-order valence-electron chi connectivity index (χ0n) is 7.51. The van der Waals surface area contributed by atoms with Crippen molar-refractivity contribution in [3.8, 4) is 0 Å². The lowest BCUT2D eigenvalue weighted by molar-refractivity contribution is 0.289. The maximum atomic E-state index is 3.60. The van der Waals surface area contributed by atoms with Gasteiger partial charge in [-0.3, -0.25) is 0 Å². The number of rotatable bonds is 1. The van der Waals surface area contributed by atoms with Crippen molar-refractivity contribution in [2.45, 2.75) is 19.9 Å². The van der Waals surface area contributed by atoms with E-state index in [2.05, 4.69) is 24.1 Å². The van der Waals surface area contributed by atoms with Crippen LogP contribution in [-0.2, 0) is 0 Å². The highest BCUT2D eigenvalue weighted by Crippen LogP contribution is 2.25. The maximum absolute atomic E-state index is 3.60. The van der Waals surface area contributed by atoms with Gasteiger partial charge >= 0.3 is 0 Å². The molecule has 2 nitrogen and oxygen atoms in total. The molecule has 2 heterocycles. The molecule has 0 spiro atoms. The highest BCUT2D eigenvalue weighted by Gasteiger charge is 2.36. The Morgan fingerprint density at radius 3 is 2.82 bits per heavy atom. The minimum Gasteiger partial charge on any atom is -0.311 e. The molecule has 3 atom stereocenters. The van der Waals surface area contributed by atoms with Gasteiger partial charge in [-0.1, -0.05) is 13.8 Å². The molecule has 0 amide bonds. The summed E-state index contributed by atoms with van der Waals surface area (Å²) in [6, 6.07) is 0.795. The molecule has 0 radical (unpaired) electrons. The Balaban J connectivity index is 2.03. The predicted molar refractivity (Wildman–Crippen MR) is 46.6 cm³/mol. The normalized spacial score (nSPS) is 43.4. The van der Waals surface area contributed by atoms with Gasteiger partial charge in [-0.2, -0.15) is 0 Å². The van der Waals surface area contributed by atoms with E-state index in [0.29, 0.717) is 0 Å².